The molecule has 0 bridgehead atoms. The Kier molecular flexibility index (Phi) is 4.68. The van der Waals surface area contributed by atoms with Crippen LogP contribution in [-0.2, 0) is 21.8 Å². The molecule has 0 fully saturated rings. The smallest absolute Gasteiger partial charge is 0.162 e. The Bertz CT molecular complexity index is 447. The second-order valence-electron chi connectivity index (χ2n) is 4.70. The number of fused-ring (bicyclic) bond motifs is 1. The van der Waals surface area contributed by atoms with Crippen molar-refractivity contribution < 1.29 is 4.74 Å². The molecule has 19 heavy (non-hydrogen) atoms. The number of anilines is 1. The molecule has 0 unspecified atom stereocenters. The van der Waals surface area contributed by atoms with Gasteiger partial charge in [0.05, 0.1) is 5.69 Å². The maximum absolute atomic E-state index is 6.01. The fourth-order valence-electron chi connectivity index (χ4n) is 2.57. The summed E-state index contributed by atoms with van der Waals surface area (Å²) in [6.07, 6.45) is 1.79. The van der Waals surface area contributed by atoms with Crippen LogP contribution in [0.15, 0.2) is 0 Å². The van der Waals surface area contributed by atoms with Crippen molar-refractivity contribution in [1.82, 2.24) is 9.97 Å². The van der Waals surface area contributed by atoms with Gasteiger partial charge in [-0.3, -0.25) is 0 Å². The number of nitrogens with zero attached hydrogens (tertiary/aromatic N) is 2. The lowest BCUT2D eigenvalue weighted by atomic mass is 9.95. The zero-order chi connectivity index (χ0) is 13.9. The van der Waals surface area contributed by atoms with Gasteiger partial charge in [-0.25, -0.2) is 9.97 Å². The van der Waals surface area contributed by atoms with Crippen LogP contribution in [0, 0.1) is 0 Å². The third kappa shape index (κ3) is 2.58. The molecule has 0 aromatic carbocycles. The molecule has 4 nitrogen and oxygen atoms in total. The molecule has 1 aliphatic heterocycles. The van der Waals surface area contributed by atoms with Crippen LogP contribution >= 0.6 is 11.8 Å². The van der Waals surface area contributed by atoms with Crippen LogP contribution in [0.2, 0.25) is 0 Å². The first-order valence-electron chi connectivity index (χ1n) is 7.00. The summed E-state index contributed by atoms with van der Waals surface area (Å²) in [5, 5.41) is 3.21. The molecule has 106 valence electrons. The Hall–Kier alpha value is -0.810. The van der Waals surface area contributed by atoms with Crippen molar-refractivity contribution in [3.05, 3.63) is 17.1 Å². The highest BCUT2D eigenvalue weighted by molar-refractivity contribution is 7.98. The van der Waals surface area contributed by atoms with Gasteiger partial charge >= 0.3 is 0 Å². The van der Waals surface area contributed by atoms with Crippen molar-refractivity contribution in [2.75, 3.05) is 19.0 Å². The first kappa shape index (κ1) is 14.6. The first-order valence-corrected chi connectivity index (χ1v) is 8.15. The molecule has 1 aliphatic rings. The van der Waals surface area contributed by atoms with E-state index < -0.39 is 0 Å². The summed E-state index contributed by atoms with van der Waals surface area (Å²) in [5.41, 5.74) is 2.09. The average molecular weight is 281 g/mol. The van der Waals surface area contributed by atoms with Gasteiger partial charge in [0.1, 0.15) is 11.4 Å². The van der Waals surface area contributed by atoms with Crippen molar-refractivity contribution in [3.63, 3.8) is 0 Å². The van der Waals surface area contributed by atoms with Crippen LogP contribution < -0.4 is 5.32 Å². The van der Waals surface area contributed by atoms with E-state index in [2.05, 4.69) is 19.2 Å². The van der Waals surface area contributed by atoms with Crippen LogP contribution in [0.5, 0.6) is 0 Å². The largest absolute Gasteiger partial charge is 0.373 e. The molecule has 2 rings (SSSR count). The van der Waals surface area contributed by atoms with Crippen molar-refractivity contribution in [2.24, 2.45) is 0 Å². The second-order valence-corrected chi connectivity index (χ2v) is 5.68. The SMILES string of the molecule is CCOC(CC)(CC)c1nc2c(c(NC)n1)CSC2. The molecular weight excluding hydrogens is 258 g/mol. The fourth-order valence-corrected chi connectivity index (χ4v) is 3.61. The minimum Gasteiger partial charge on any atom is -0.373 e. The molecule has 0 atom stereocenters. The van der Waals surface area contributed by atoms with Crippen LogP contribution in [-0.4, -0.2) is 23.6 Å². The predicted octanol–water partition coefficient (Wildman–Crippen LogP) is 3.32. The number of hydrogen-bond donors (Lipinski definition) is 1. The summed E-state index contributed by atoms with van der Waals surface area (Å²) in [6.45, 7) is 7.00. The number of aromatic nitrogens is 2. The van der Waals surface area contributed by atoms with E-state index in [0.29, 0.717) is 6.61 Å². The zero-order valence-corrected chi connectivity index (χ0v) is 13.1. The van der Waals surface area contributed by atoms with Crippen LogP contribution in [0.4, 0.5) is 5.82 Å². The topological polar surface area (TPSA) is 47.0 Å². The Morgan fingerprint density at radius 1 is 1.21 bits per heavy atom. The zero-order valence-electron chi connectivity index (χ0n) is 12.2. The monoisotopic (exact) mass is 281 g/mol. The van der Waals surface area contributed by atoms with Gasteiger partial charge in [-0.1, -0.05) is 13.8 Å². The summed E-state index contributed by atoms with van der Waals surface area (Å²) >= 11 is 1.90. The van der Waals surface area contributed by atoms with E-state index in [9.17, 15) is 0 Å². The summed E-state index contributed by atoms with van der Waals surface area (Å²) in [6, 6.07) is 0. The molecule has 1 aromatic heterocycles. The molecule has 0 aliphatic carbocycles. The van der Waals surface area contributed by atoms with Gasteiger partial charge in [0.2, 0.25) is 0 Å². The molecule has 1 N–H and O–H groups in total. The minimum atomic E-state index is -0.345. The van der Waals surface area contributed by atoms with E-state index in [1.807, 2.05) is 25.7 Å². The Morgan fingerprint density at radius 2 is 1.95 bits per heavy atom. The summed E-state index contributed by atoms with van der Waals surface area (Å²) in [7, 11) is 1.93. The van der Waals surface area contributed by atoms with Gasteiger partial charge in [0.15, 0.2) is 5.82 Å². The number of hydrogen-bond acceptors (Lipinski definition) is 5. The van der Waals surface area contributed by atoms with Crippen molar-refractivity contribution in [2.45, 2.75) is 50.7 Å². The number of thioether (sulfide) groups is 1. The third-order valence-electron chi connectivity index (χ3n) is 3.79. The molecule has 0 radical (unpaired) electrons. The normalized spacial score (nSPS) is 14.5. The first-order chi connectivity index (χ1) is 9.20. The highest BCUT2D eigenvalue weighted by Gasteiger charge is 2.34. The van der Waals surface area contributed by atoms with E-state index in [1.165, 1.54) is 11.3 Å². The lowest BCUT2D eigenvalue weighted by molar-refractivity contribution is -0.0571. The summed E-state index contributed by atoms with van der Waals surface area (Å²) < 4.78 is 6.01. The third-order valence-corrected chi connectivity index (χ3v) is 4.76. The molecule has 2 heterocycles. The number of nitrogens with one attached hydrogen (secondary N) is 1. The Balaban J connectivity index is 2.49. The maximum atomic E-state index is 6.01. The lowest BCUT2D eigenvalue weighted by Crippen LogP contribution is -2.31. The van der Waals surface area contributed by atoms with Gasteiger partial charge in [0, 0.05) is 30.7 Å². The summed E-state index contributed by atoms with van der Waals surface area (Å²) in [5.74, 6) is 3.79. The van der Waals surface area contributed by atoms with E-state index in [1.54, 1.807) is 0 Å². The Labute approximate surface area is 119 Å². The van der Waals surface area contributed by atoms with Crippen LogP contribution in [0.25, 0.3) is 0 Å². The van der Waals surface area contributed by atoms with E-state index >= 15 is 0 Å². The molecule has 0 amide bonds. The predicted molar refractivity (Wildman–Crippen MR) is 80.5 cm³/mol. The quantitative estimate of drug-likeness (QED) is 0.866. The van der Waals surface area contributed by atoms with Crippen LogP contribution in [0.1, 0.15) is 50.7 Å². The van der Waals surface area contributed by atoms with Gasteiger partial charge in [-0.2, -0.15) is 11.8 Å². The van der Waals surface area contributed by atoms with E-state index in [4.69, 9.17) is 14.7 Å². The molecule has 0 saturated carbocycles. The summed E-state index contributed by atoms with van der Waals surface area (Å²) in [4.78, 5) is 9.53. The van der Waals surface area contributed by atoms with Gasteiger partial charge < -0.3 is 10.1 Å². The average Bonchev–Trinajstić information content (AvgIpc) is 2.92. The number of rotatable bonds is 6. The Morgan fingerprint density at radius 3 is 2.53 bits per heavy atom. The molecule has 0 saturated heterocycles. The molecule has 5 heteroatoms. The van der Waals surface area contributed by atoms with E-state index in [0.717, 1.165) is 36.0 Å². The van der Waals surface area contributed by atoms with Crippen molar-refractivity contribution >= 4 is 17.6 Å². The van der Waals surface area contributed by atoms with E-state index in [-0.39, 0.29) is 5.60 Å². The van der Waals surface area contributed by atoms with Gasteiger partial charge in [-0.15, -0.1) is 0 Å². The molecular formula is C14H23N3OS. The van der Waals surface area contributed by atoms with Crippen molar-refractivity contribution in [1.29, 1.82) is 0 Å². The molecule has 0 spiro atoms. The lowest BCUT2D eigenvalue weighted by Gasteiger charge is -2.30. The van der Waals surface area contributed by atoms with Gasteiger partial charge in [-0.05, 0) is 19.8 Å². The van der Waals surface area contributed by atoms with Crippen LogP contribution in [0.3, 0.4) is 0 Å². The minimum absolute atomic E-state index is 0.345. The highest BCUT2D eigenvalue weighted by Crippen LogP contribution is 2.37. The molecule has 1 aromatic rings. The second kappa shape index (κ2) is 6.09. The van der Waals surface area contributed by atoms with Gasteiger partial charge in [0.25, 0.3) is 0 Å². The fraction of sp³-hybridized carbons (Fsp3) is 0.714. The highest BCUT2D eigenvalue weighted by atomic mass is 32.2. The maximum Gasteiger partial charge on any atom is 0.162 e. The number of ether oxygens (including phenoxy) is 1. The standard InChI is InChI=1S/C14H23N3OS/c1-5-14(6-2,18-7-3)13-16-11-9-19-8-10(11)12(15-4)17-13/h5-9H2,1-4H3,(H,15,16,17). The van der Waals surface area contributed by atoms with Crippen molar-refractivity contribution in [3.8, 4) is 0 Å².